The highest BCUT2D eigenvalue weighted by Crippen LogP contribution is 2.29. The zero-order valence-corrected chi connectivity index (χ0v) is 19.5. The van der Waals surface area contributed by atoms with Crippen molar-refractivity contribution in [2.24, 2.45) is 0 Å². The second kappa shape index (κ2) is 10.2. The van der Waals surface area contributed by atoms with Crippen molar-refractivity contribution in [3.05, 3.63) is 54.1 Å². The number of thioether (sulfide) groups is 1. The fourth-order valence-electron chi connectivity index (χ4n) is 3.14. The number of aromatic nitrogens is 3. The molecule has 0 atom stereocenters. The molecule has 0 bridgehead atoms. The van der Waals surface area contributed by atoms with E-state index in [4.69, 9.17) is 10.6 Å². The van der Waals surface area contributed by atoms with Crippen molar-refractivity contribution in [3.63, 3.8) is 0 Å². The van der Waals surface area contributed by atoms with Crippen molar-refractivity contribution >= 4 is 21.8 Å². The van der Waals surface area contributed by atoms with E-state index in [1.54, 1.807) is 24.3 Å². The van der Waals surface area contributed by atoms with Gasteiger partial charge >= 0.3 is 0 Å². The fourth-order valence-corrected chi connectivity index (χ4v) is 5.49. The molecule has 0 unspecified atom stereocenters. The Labute approximate surface area is 187 Å². The number of sulfonamides is 1. The number of rotatable bonds is 10. The molecule has 8 nitrogen and oxygen atoms in total. The van der Waals surface area contributed by atoms with Gasteiger partial charge in [0.25, 0.3) is 0 Å². The number of ether oxygens (including phenoxy) is 1. The van der Waals surface area contributed by atoms with Gasteiger partial charge in [-0.15, -0.1) is 10.2 Å². The van der Waals surface area contributed by atoms with Crippen LogP contribution in [0.5, 0.6) is 5.75 Å². The predicted molar refractivity (Wildman–Crippen MR) is 123 cm³/mol. The maximum absolute atomic E-state index is 12.8. The summed E-state index contributed by atoms with van der Waals surface area (Å²) in [7, 11) is -3.58. The normalized spacial score (nSPS) is 11.7. The van der Waals surface area contributed by atoms with E-state index in [2.05, 4.69) is 10.2 Å². The minimum Gasteiger partial charge on any atom is -0.494 e. The topological polar surface area (TPSA) is 103 Å². The summed E-state index contributed by atoms with van der Waals surface area (Å²) in [6.07, 6.45) is 0. The van der Waals surface area contributed by atoms with Gasteiger partial charge in [-0.2, -0.15) is 4.31 Å². The largest absolute Gasteiger partial charge is 0.494 e. The highest BCUT2D eigenvalue weighted by molar-refractivity contribution is 7.98. The summed E-state index contributed by atoms with van der Waals surface area (Å²) in [6, 6.07) is 14.4. The summed E-state index contributed by atoms with van der Waals surface area (Å²) < 4.78 is 34.2. The molecule has 2 aromatic carbocycles. The molecular weight excluding hydrogens is 434 g/mol. The van der Waals surface area contributed by atoms with Crippen LogP contribution in [0.15, 0.2) is 58.6 Å². The lowest BCUT2D eigenvalue weighted by Gasteiger charge is -2.18. The van der Waals surface area contributed by atoms with Crippen LogP contribution in [0.1, 0.15) is 26.3 Å². The molecule has 31 heavy (non-hydrogen) atoms. The average molecular weight is 462 g/mol. The summed E-state index contributed by atoms with van der Waals surface area (Å²) in [5, 5.41) is 8.91. The minimum absolute atomic E-state index is 0.205. The molecule has 3 rings (SSSR count). The van der Waals surface area contributed by atoms with E-state index in [1.165, 1.54) is 20.7 Å². The van der Waals surface area contributed by atoms with Crippen molar-refractivity contribution in [2.45, 2.75) is 36.6 Å². The molecule has 1 aromatic heterocycles. The Morgan fingerprint density at radius 2 is 1.81 bits per heavy atom. The van der Waals surface area contributed by atoms with E-state index >= 15 is 0 Å². The molecule has 3 aromatic rings. The zero-order valence-electron chi connectivity index (χ0n) is 17.9. The van der Waals surface area contributed by atoms with Crippen LogP contribution in [0.2, 0.25) is 0 Å². The van der Waals surface area contributed by atoms with Gasteiger partial charge in [0.1, 0.15) is 5.75 Å². The molecule has 0 saturated heterocycles. The summed E-state index contributed by atoms with van der Waals surface area (Å²) in [4.78, 5) is 0.205. The van der Waals surface area contributed by atoms with Gasteiger partial charge in [0.2, 0.25) is 15.2 Å². The van der Waals surface area contributed by atoms with Crippen LogP contribution in [0, 0.1) is 0 Å². The van der Waals surface area contributed by atoms with Crippen LogP contribution < -0.4 is 10.6 Å². The summed E-state index contributed by atoms with van der Waals surface area (Å²) in [5.41, 5.74) is 1.62. The van der Waals surface area contributed by atoms with Crippen LogP contribution >= 0.6 is 11.8 Å². The van der Waals surface area contributed by atoms with Crippen molar-refractivity contribution in [3.8, 4) is 17.1 Å². The Balaban J connectivity index is 1.84. The maximum atomic E-state index is 12.8. The molecule has 1 heterocycles. The molecule has 0 aliphatic heterocycles. The highest BCUT2D eigenvalue weighted by atomic mass is 32.2. The van der Waals surface area contributed by atoms with Gasteiger partial charge < -0.3 is 10.6 Å². The second-order valence-corrected chi connectivity index (χ2v) is 9.50. The third-order valence-corrected chi connectivity index (χ3v) is 7.77. The van der Waals surface area contributed by atoms with Crippen molar-refractivity contribution < 1.29 is 13.2 Å². The molecule has 0 fully saturated rings. The zero-order chi connectivity index (χ0) is 22.4. The lowest BCUT2D eigenvalue weighted by Crippen LogP contribution is -2.30. The Kier molecular flexibility index (Phi) is 7.58. The van der Waals surface area contributed by atoms with Crippen molar-refractivity contribution in [2.75, 3.05) is 25.5 Å². The van der Waals surface area contributed by atoms with Crippen molar-refractivity contribution in [1.82, 2.24) is 19.2 Å². The number of nitrogens with zero attached hydrogens (tertiary/aromatic N) is 4. The first-order valence-electron chi connectivity index (χ1n) is 10.1. The molecule has 10 heteroatoms. The molecular formula is C21H27N5O3S2. The molecule has 0 amide bonds. The maximum Gasteiger partial charge on any atom is 0.243 e. The number of benzene rings is 2. The van der Waals surface area contributed by atoms with Crippen molar-refractivity contribution in [1.29, 1.82) is 0 Å². The van der Waals surface area contributed by atoms with Gasteiger partial charge in [-0.05, 0) is 25.1 Å². The Bertz CT molecular complexity index is 1130. The molecule has 166 valence electrons. The molecule has 0 saturated carbocycles. The second-order valence-electron chi connectivity index (χ2n) is 6.62. The van der Waals surface area contributed by atoms with Gasteiger partial charge in [0, 0.05) is 30.0 Å². The highest BCUT2D eigenvalue weighted by Gasteiger charge is 2.23. The Morgan fingerprint density at radius 1 is 1.06 bits per heavy atom. The molecule has 0 spiro atoms. The number of nitrogen functional groups attached to an aromatic ring is 1. The van der Waals surface area contributed by atoms with Crippen LogP contribution in [-0.2, 0) is 15.8 Å². The third kappa shape index (κ3) is 5.03. The Hall–Kier alpha value is -2.56. The summed E-state index contributed by atoms with van der Waals surface area (Å²) in [6.45, 7) is 6.97. The predicted octanol–water partition coefficient (Wildman–Crippen LogP) is 3.38. The van der Waals surface area contributed by atoms with Gasteiger partial charge in [0.05, 0.1) is 11.5 Å². The molecule has 0 aliphatic rings. The smallest absolute Gasteiger partial charge is 0.243 e. The number of nitrogens with two attached hydrogens (primary N) is 1. The van der Waals surface area contributed by atoms with E-state index in [1.807, 2.05) is 45.0 Å². The van der Waals surface area contributed by atoms with E-state index in [0.29, 0.717) is 42.0 Å². The van der Waals surface area contributed by atoms with Gasteiger partial charge in [0.15, 0.2) is 5.82 Å². The Morgan fingerprint density at radius 3 is 2.52 bits per heavy atom. The first-order valence-corrected chi connectivity index (χ1v) is 12.5. The average Bonchev–Trinajstić information content (AvgIpc) is 3.14. The molecule has 0 radical (unpaired) electrons. The van der Waals surface area contributed by atoms with Gasteiger partial charge in [-0.25, -0.2) is 13.1 Å². The first kappa shape index (κ1) is 23.1. The number of hydrogen-bond acceptors (Lipinski definition) is 7. The van der Waals surface area contributed by atoms with Crippen LogP contribution in [0.25, 0.3) is 11.4 Å². The minimum atomic E-state index is -3.58. The van der Waals surface area contributed by atoms with Crippen LogP contribution in [0.4, 0.5) is 0 Å². The van der Waals surface area contributed by atoms with E-state index in [9.17, 15) is 8.42 Å². The van der Waals surface area contributed by atoms with E-state index in [-0.39, 0.29) is 4.90 Å². The van der Waals surface area contributed by atoms with E-state index in [0.717, 1.165) is 11.3 Å². The lowest BCUT2D eigenvalue weighted by atomic mass is 10.2. The third-order valence-electron chi connectivity index (χ3n) is 4.73. The standard InChI is InChI=1S/C21H27N5O3S2/c1-4-25(5-2)31(27,28)18-12-9-11-16(14-18)20-23-24-21(26(20)22)30-15-17-10-7-8-13-19(17)29-6-3/h7-14H,4-6,15,22H2,1-3H3. The lowest BCUT2D eigenvalue weighted by molar-refractivity contribution is 0.337. The van der Waals surface area contributed by atoms with Crippen LogP contribution in [0.3, 0.4) is 0 Å². The fraction of sp³-hybridized carbons (Fsp3) is 0.333. The molecule has 0 aliphatic carbocycles. The monoisotopic (exact) mass is 461 g/mol. The quantitative estimate of drug-likeness (QED) is 0.365. The van der Waals surface area contributed by atoms with E-state index < -0.39 is 10.0 Å². The first-order chi connectivity index (χ1) is 14.9. The SMILES string of the molecule is CCOc1ccccc1CSc1nnc(-c2cccc(S(=O)(=O)N(CC)CC)c2)n1N. The van der Waals surface area contributed by atoms with Crippen LogP contribution in [-0.4, -0.2) is 47.3 Å². The van der Waals surface area contributed by atoms with Gasteiger partial charge in [-0.1, -0.05) is 55.9 Å². The number of hydrogen-bond donors (Lipinski definition) is 1. The molecule has 2 N–H and O–H groups in total. The summed E-state index contributed by atoms with van der Waals surface area (Å²) >= 11 is 1.44. The van der Waals surface area contributed by atoms with Gasteiger partial charge in [-0.3, -0.25) is 0 Å². The summed E-state index contributed by atoms with van der Waals surface area (Å²) in [5.74, 6) is 8.09. The number of para-hydroxylation sites is 1.